The van der Waals surface area contributed by atoms with Crippen LogP contribution in [0.15, 0.2) is 18.5 Å². The van der Waals surface area contributed by atoms with Crippen LogP contribution in [-0.4, -0.2) is 26.3 Å². The zero-order valence-corrected chi connectivity index (χ0v) is 18.0. The standard InChI is InChI=1S/C25H36N2O2/c1-15-23-19-5-4-18-16(17(19)9-11-25(15,23)29)8-10-24(2)20(18)6-7-21(24)22(28)14-27-13-3-12-26-27/h3,12-13,15-21,23,29H,4-11,14H2,1-2H3/t15?,16-,17-,18-,19-,20+,21-,23?,24+,25+/m1/s1. The summed E-state index contributed by atoms with van der Waals surface area (Å²) in [5.41, 5.74) is -0.116. The Balaban J connectivity index is 1.21. The summed E-state index contributed by atoms with van der Waals surface area (Å²) in [6.07, 6.45) is 13.5. The van der Waals surface area contributed by atoms with Crippen molar-refractivity contribution >= 4 is 5.78 Å². The number of Topliss-reactive ketones (excluding diaryl/α,β-unsaturated/α-hetero) is 1. The van der Waals surface area contributed by atoms with Gasteiger partial charge in [0.1, 0.15) is 0 Å². The molecular weight excluding hydrogens is 360 g/mol. The van der Waals surface area contributed by atoms with Crippen molar-refractivity contribution in [2.75, 3.05) is 0 Å². The Kier molecular flexibility index (Phi) is 3.96. The molecule has 1 N–H and O–H groups in total. The number of carbonyl (C=O) groups is 1. The molecule has 5 saturated carbocycles. The smallest absolute Gasteiger partial charge is 0.157 e. The zero-order chi connectivity index (χ0) is 20.0. The van der Waals surface area contributed by atoms with Crippen molar-refractivity contribution in [2.45, 2.75) is 77.4 Å². The molecule has 10 atom stereocenters. The summed E-state index contributed by atoms with van der Waals surface area (Å²) in [5.74, 6) is 5.74. The SMILES string of the molecule is CC1C2[C@@H]3CC[C@@H]4[C@H](CC[C@]5(C)[C@@H](C(=O)Cn6cccn6)CC[C@@H]45)[C@H]3CC[C@]12O. The van der Waals surface area contributed by atoms with E-state index in [9.17, 15) is 9.90 Å². The van der Waals surface area contributed by atoms with Gasteiger partial charge in [0.2, 0.25) is 0 Å². The van der Waals surface area contributed by atoms with Crippen LogP contribution in [0.1, 0.15) is 65.2 Å². The van der Waals surface area contributed by atoms with E-state index >= 15 is 0 Å². The molecule has 5 fully saturated rings. The van der Waals surface area contributed by atoms with Gasteiger partial charge in [-0.1, -0.05) is 13.8 Å². The van der Waals surface area contributed by atoms with E-state index < -0.39 is 0 Å². The van der Waals surface area contributed by atoms with Gasteiger partial charge in [-0.05, 0) is 104 Å². The molecular formula is C25H36N2O2. The van der Waals surface area contributed by atoms with Crippen molar-refractivity contribution in [1.29, 1.82) is 0 Å². The Morgan fingerprint density at radius 2 is 1.83 bits per heavy atom. The highest BCUT2D eigenvalue weighted by atomic mass is 16.3. The first-order chi connectivity index (χ1) is 13.9. The van der Waals surface area contributed by atoms with E-state index in [0.29, 0.717) is 24.2 Å². The van der Waals surface area contributed by atoms with Crippen LogP contribution >= 0.6 is 0 Å². The second-order valence-electron chi connectivity index (χ2n) is 11.5. The van der Waals surface area contributed by atoms with Gasteiger partial charge in [-0.25, -0.2) is 0 Å². The quantitative estimate of drug-likeness (QED) is 0.827. The van der Waals surface area contributed by atoms with Gasteiger partial charge >= 0.3 is 0 Å². The maximum Gasteiger partial charge on any atom is 0.157 e. The lowest BCUT2D eigenvalue weighted by Crippen LogP contribution is -2.50. The van der Waals surface area contributed by atoms with Crippen LogP contribution < -0.4 is 0 Å². The Labute approximate surface area is 174 Å². The average Bonchev–Trinajstić information content (AvgIpc) is 3.08. The molecule has 4 heteroatoms. The molecule has 5 aliphatic carbocycles. The number of carbonyl (C=O) groups excluding carboxylic acids is 1. The Hall–Kier alpha value is -1.16. The predicted molar refractivity (Wildman–Crippen MR) is 111 cm³/mol. The summed E-state index contributed by atoms with van der Waals surface area (Å²) in [6.45, 7) is 5.17. The number of hydrogen-bond donors (Lipinski definition) is 1. The van der Waals surface area contributed by atoms with Crippen LogP contribution in [0, 0.1) is 52.8 Å². The molecule has 0 bridgehead atoms. The normalized spacial score (nSPS) is 52.8. The molecule has 4 nitrogen and oxygen atoms in total. The van der Waals surface area contributed by atoms with Crippen molar-refractivity contribution in [3.8, 4) is 0 Å². The molecule has 1 heterocycles. The number of aromatic nitrogens is 2. The van der Waals surface area contributed by atoms with Gasteiger partial charge in [-0.15, -0.1) is 0 Å². The fourth-order valence-electron chi connectivity index (χ4n) is 9.43. The lowest BCUT2D eigenvalue weighted by atomic mass is 9.49. The number of rotatable bonds is 3. The lowest BCUT2D eigenvalue weighted by Gasteiger charge is -2.56. The number of aliphatic hydroxyl groups is 1. The molecule has 0 amide bonds. The highest BCUT2D eigenvalue weighted by Crippen LogP contribution is 2.70. The molecule has 2 unspecified atom stereocenters. The van der Waals surface area contributed by atoms with Gasteiger partial charge in [-0.2, -0.15) is 5.10 Å². The zero-order valence-electron chi connectivity index (χ0n) is 18.0. The molecule has 6 rings (SSSR count). The molecule has 0 spiro atoms. The van der Waals surface area contributed by atoms with Crippen molar-refractivity contribution in [3.05, 3.63) is 18.5 Å². The Morgan fingerprint density at radius 1 is 1.07 bits per heavy atom. The molecule has 0 aliphatic heterocycles. The first kappa shape index (κ1) is 18.6. The van der Waals surface area contributed by atoms with Crippen molar-refractivity contribution < 1.29 is 9.90 Å². The molecule has 5 aliphatic rings. The molecule has 29 heavy (non-hydrogen) atoms. The molecule has 0 aromatic carbocycles. The van der Waals surface area contributed by atoms with E-state index in [0.717, 1.165) is 42.4 Å². The van der Waals surface area contributed by atoms with Crippen molar-refractivity contribution in [2.24, 2.45) is 52.8 Å². The Bertz CT molecular complexity index is 806. The van der Waals surface area contributed by atoms with Gasteiger partial charge in [0.15, 0.2) is 5.78 Å². The van der Waals surface area contributed by atoms with Crippen LogP contribution in [0.3, 0.4) is 0 Å². The molecule has 158 valence electrons. The topological polar surface area (TPSA) is 55.1 Å². The predicted octanol–water partition coefficient (Wildman–Crippen LogP) is 4.33. The number of ketones is 1. The molecule has 1 aromatic heterocycles. The van der Waals surface area contributed by atoms with Gasteiger partial charge in [-0.3, -0.25) is 9.48 Å². The van der Waals surface area contributed by atoms with Crippen LogP contribution in [0.5, 0.6) is 0 Å². The first-order valence-electron chi connectivity index (χ1n) is 12.2. The summed E-state index contributed by atoms with van der Waals surface area (Å²) < 4.78 is 1.80. The highest BCUT2D eigenvalue weighted by molar-refractivity contribution is 5.82. The fourth-order valence-corrected chi connectivity index (χ4v) is 9.43. The minimum absolute atomic E-state index is 0.195. The minimum atomic E-state index is -0.311. The van der Waals surface area contributed by atoms with E-state index in [1.807, 2.05) is 12.3 Å². The summed E-state index contributed by atoms with van der Waals surface area (Å²) in [4.78, 5) is 13.2. The number of hydrogen-bond acceptors (Lipinski definition) is 3. The summed E-state index contributed by atoms with van der Waals surface area (Å²) in [5, 5.41) is 15.2. The van der Waals surface area contributed by atoms with Crippen LogP contribution in [0.2, 0.25) is 0 Å². The van der Waals surface area contributed by atoms with Gasteiger partial charge in [0.25, 0.3) is 0 Å². The van der Waals surface area contributed by atoms with Crippen molar-refractivity contribution in [1.82, 2.24) is 9.78 Å². The second kappa shape index (κ2) is 6.18. The second-order valence-corrected chi connectivity index (χ2v) is 11.5. The summed E-state index contributed by atoms with van der Waals surface area (Å²) in [7, 11) is 0. The van der Waals surface area contributed by atoms with Crippen LogP contribution in [0.25, 0.3) is 0 Å². The highest BCUT2D eigenvalue weighted by Gasteiger charge is 2.69. The van der Waals surface area contributed by atoms with Crippen molar-refractivity contribution in [3.63, 3.8) is 0 Å². The fraction of sp³-hybridized carbons (Fsp3) is 0.840. The maximum absolute atomic E-state index is 13.2. The van der Waals surface area contributed by atoms with Gasteiger partial charge < -0.3 is 5.11 Å². The maximum atomic E-state index is 13.2. The number of fused-ring (bicyclic) bond motifs is 7. The van der Waals surface area contributed by atoms with E-state index in [-0.39, 0.29) is 16.9 Å². The average molecular weight is 397 g/mol. The summed E-state index contributed by atoms with van der Waals surface area (Å²) in [6, 6.07) is 1.90. The third-order valence-corrected chi connectivity index (χ3v) is 10.8. The lowest BCUT2D eigenvalue weighted by molar-refractivity contribution is -0.131. The largest absolute Gasteiger partial charge is 0.389 e. The first-order valence-corrected chi connectivity index (χ1v) is 12.2. The number of nitrogens with zero attached hydrogens (tertiary/aromatic N) is 2. The minimum Gasteiger partial charge on any atom is -0.389 e. The molecule has 0 radical (unpaired) electrons. The van der Waals surface area contributed by atoms with Crippen LogP contribution in [0.4, 0.5) is 0 Å². The monoisotopic (exact) mass is 396 g/mol. The van der Waals surface area contributed by atoms with E-state index in [2.05, 4.69) is 18.9 Å². The molecule has 1 aromatic rings. The van der Waals surface area contributed by atoms with E-state index in [1.165, 1.54) is 38.5 Å². The summed E-state index contributed by atoms with van der Waals surface area (Å²) >= 11 is 0. The third kappa shape index (κ3) is 2.47. The van der Waals surface area contributed by atoms with Crippen LogP contribution in [-0.2, 0) is 11.3 Å². The third-order valence-electron chi connectivity index (χ3n) is 10.8. The van der Waals surface area contributed by atoms with E-state index in [4.69, 9.17) is 0 Å². The van der Waals surface area contributed by atoms with E-state index in [1.54, 1.807) is 10.9 Å². The van der Waals surface area contributed by atoms with Gasteiger partial charge in [0, 0.05) is 18.3 Å². The molecule has 0 saturated heterocycles. The van der Waals surface area contributed by atoms with Gasteiger partial charge in [0.05, 0.1) is 12.1 Å². The Morgan fingerprint density at radius 3 is 2.62 bits per heavy atom.